The summed E-state index contributed by atoms with van der Waals surface area (Å²) in [6, 6.07) is 2.15. The van der Waals surface area contributed by atoms with Gasteiger partial charge >= 0.3 is 6.00 Å². The van der Waals surface area contributed by atoms with Crippen LogP contribution in [0.25, 0.3) is 0 Å². The first kappa shape index (κ1) is 8.88. The van der Waals surface area contributed by atoms with E-state index in [2.05, 4.69) is 0 Å². The van der Waals surface area contributed by atoms with Crippen molar-refractivity contribution in [1.82, 2.24) is 0 Å². The minimum atomic E-state index is -2.43. The Morgan fingerprint density at radius 1 is 1.40 bits per heavy atom. The molecule has 0 saturated heterocycles. The lowest BCUT2D eigenvalue weighted by Gasteiger charge is -2.03. The normalized spacial score (nSPS) is 11.9. The minimum absolute atomic E-state index is 0.634. The first-order valence-electron chi connectivity index (χ1n) is 2.67. The summed E-state index contributed by atoms with van der Waals surface area (Å²) in [6.07, 6.45) is 0. The van der Waals surface area contributed by atoms with Crippen molar-refractivity contribution in [3.63, 3.8) is 0 Å². The van der Waals surface area contributed by atoms with E-state index in [0.717, 1.165) is 4.88 Å². The zero-order valence-corrected chi connectivity index (χ0v) is 9.07. The van der Waals surface area contributed by atoms with Crippen LogP contribution in [0.5, 0.6) is 0 Å². The smallest absolute Gasteiger partial charge is 0.149 e. The van der Waals surface area contributed by atoms with E-state index in [1.54, 1.807) is 11.3 Å². The van der Waals surface area contributed by atoms with Gasteiger partial charge in [-0.3, -0.25) is 0 Å². The summed E-state index contributed by atoms with van der Waals surface area (Å²) in [5, 5.41) is 1.99. The van der Waals surface area contributed by atoms with Crippen molar-refractivity contribution in [3.05, 3.63) is 22.4 Å². The lowest BCUT2D eigenvalue weighted by molar-refractivity contribution is 1.51. The SMILES string of the molecule is Cl[Si](Cl)(Cl)Cc1cccs1. The van der Waals surface area contributed by atoms with Crippen LogP contribution in [0.4, 0.5) is 0 Å². The van der Waals surface area contributed by atoms with E-state index >= 15 is 0 Å². The average Bonchev–Trinajstić information content (AvgIpc) is 2.12. The third kappa shape index (κ3) is 3.26. The van der Waals surface area contributed by atoms with Gasteiger partial charge in [0.2, 0.25) is 0 Å². The molecule has 1 heterocycles. The lowest BCUT2D eigenvalue weighted by atomic mass is 10.5. The number of hydrogen-bond acceptors (Lipinski definition) is 1. The van der Waals surface area contributed by atoms with Gasteiger partial charge in [-0.1, -0.05) is 6.07 Å². The standard InChI is InChI=1S/C5H5Cl3SSi/c6-10(7,8)4-5-2-1-3-9-5/h1-3H,4H2. The van der Waals surface area contributed by atoms with Gasteiger partial charge in [0.1, 0.15) is 0 Å². The number of thiophene rings is 1. The molecule has 0 saturated carbocycles. The Balaban J connectivity index is 2.57. The maximum absolute atomic E-state index is 5.70. The molecule has 0 fully saturated rings. The van der Waals surface area contributed by atoms with Crippen molar-refractivity contribution in [1.29, 1.82) is 0 Å². The Morgan fingerprint density at radius 2 is 2.10 bits per heavy atom. The van der Waals surface area contributed by atoms with Gasteiger partial charge in [-0.15, -0.1) is 44.6 Å². The number of rotatable bonds is 2. The van der Waals surface area contributed by atoms with E-state index in [9.17, 15) is 0 Å². The summed E-state index contributed by atoms with van der Waals surface area (Å²) in [5.41, 5.74) is 0. The Kier molecular flexibility index (Phi) is 3.07. The van der Waals surface area contributed by atoms with Gasteiger partial charge in [-0.25, -0.2) is 0 Å². The van der Waals surface area contributed by atoms with Crippen molar-refractivity contribution in [2.45, 2.75) is 6.04 Å². The fraction of sp³-hybridized carbons (Fsp3) is 0.200. The molecular formula is C5H5Cl3SSi. The molecule has 0 aliphatic rings. The fourth-order valence-electron chi connectivity index (χ4n) is 0.611. The average molecular weight is 232 g/mol. The van der Waals surface area contributed by atoms with Gasteiger partial charge < -0.3 is 0 Å². The van der Waals surface area contributed by atoms with Crippen LogP contribution in [0.1, 0.15) is 4.88 Å². The highest BCUT2D eigenvalue weighted by molar-refractivity contribution is 7.64. The zero-order chi connectivity index (χ0) is 7.61. The second kappa shape index (κ2) is 3.46. The molecule has 0 nitrogen and oxygen atoms in total. The van der Waals surface area contributed by atoms with Crippen LogP contribution in [-0.4, -0.2) is 6.00 Å². The third-order valence-electron chi connectivity index (χ3n) is 0.955. The molecular weight excluding hydrogens is 227 g/mol. The molecule has 0 radical (unpaired) electrons. The van der Waals surface area contributed by atoms with Crippen molar-refractivity contribution < 1.29 is 0 Å². The highest BCUT2D eigenvalue weighted by Crippen LogP contribution is 2.26. The maximum atomic E-state index is 5.70. The molecule has 0 aliphatic heterocycles. The van der Waals surface area contributed by atoms with E-state index in [0.29, 0.717) is 6.04 Å². The van der Waals surface area contributed by atoms with Crippen molar-refractivity contribution >= 4 is 50.6 Å². The van der Waals surface area contributed by atoms with Crippen LogP contribution in [0.2, 0.25) is 0 Å². The Hall–Kier alpha value is 0.787. The monoisotopic (exact) mass is 230 g/mol. The van der Waals surface area contributed by atoms with Crippen LogP contribution < -0.4 is 0 Å². The molecule has 0 spiro atoms. The zero-order valence-electron chi connectivity index (χ0n) is 4.98. The molecule has 0 aliphatic carbocycles. The van der Waals surface area contributed by atoms with Gasteiger partial charge in [0.25, 0.3) is 0 Å². The van der Waals surface area contributed by atoms with Crippen LogP contribution in [0.3, 0.4) is 0 Å². The second-order valence-electron chi connectivity index (χ2n) is 1.87. The van der Waals surface area contributed by atoms with Crippen LogP contribution in [0.15, 0.2) is 17.5 Å². The summed E-state index contributed by atoms with van der Waals surface area (Å²) in [7, 11) is 0. The first-order valence-corrected chi connectivity index (χ1v) is 8.79. The van der Waals surface area contributed by atoms with Gasteiger partial charge in [0, 0.05) is 10.9 Å². The number of hydrogen-bond donors (Lipinski definition) is 0. The van der Waals surface area contributed by atoms with Gasteiger partial charge in [0.15, 0.2) is 0 Å². The summed E-state index contributed by atoms with van der Waals surface area (Å²) >= 11 is 18.7. The molecule has 0 unspecified atom stereocenters. The molecule has 1 rings (SSSR count). The lowest BCUT2D eigenvalue weighted by Crippen LogP contribution is -2.12. The topological polar surface area (TPSA) is 0 Å². The molecule has 0 atom stereocenters. The van der Waals surface area contributed by atoms with Crippen molar-refractivity contribution in [2.75, 3.05) is 0 Å². The summed E-state index contributed by atoms with van der Waals surface area (Å²) in [5.74, 6) is 0. The van der Waals surface area contributed by atoms with E-state index in [1.807, 2.05) is 17.5 Å². The Morgan fingerprint density at radius 3 is 2.50 bits per heavy atom. The molecule has 0 bridgehead atoms. The highest BCUT2D eigenvalue weighted by atomic mass is 35.8. The predicted octanol–water partition coefficient (Wildman–Crippen LogP) is 3.49. The second-order valence-corrected chi connectivity index (χ2v) is 12.0. The molecule has 56 valence electrons. The predicted molar refractivity (Wildman–Crippen MR) is 51.3 cm³/mol. The summed E-state index contributed by atoms with van der Waals surface area (Å²) < 4.78 is 0. The minimum Gasteiger partial charge on any atom is -0.149 e. The summed E-state index contributed by atoms with van der Waals surface area (Å²) in [6.45, 7) is 0. The molecule has 1 aromatic rings. The van der Waals surface area contributed by atoms with Crippen molar-refractivity contribution in [2.24, 2.45) is 0 Å². The fourth-order valence-corrected chi connectivity index (χ4v) is 4.60. The molecule has 10 heavy (non-hydrogen) atoms. The molecule has 0 N–H and O–H groups in total. The van der Waals surface area contributed by atoms with Gasteiger partial charge in [-0.05, 0) is 11.4 Å². The number of halogens is 3. The van der Waals surface area contributed by atoms with Crippen LogP contribution in [0, 0.1) is 0 Å². The van der Waals surface area contributed by atoms with E-state index in [1.165, 1.54) is 0 Å². The Labute approximate surface area is 78.8 Å². The largest absolute Gasteiger partial charge is 0.346 e. The molecule has 1 aromatic heterocycles. The van der Waals surface area contributed by atoms with Crippen LogP contribution >= 0.6 is 44.6 Å². The molecule has 5 heteroatoms. The van der Waals surface area contributed by atoms with E-state index in [4.69, 9.17) is 33.2 Å². The summed E-state index contributed by atoms with van der Waals surface area (Å²) in [4.78, 5) is 1.16. The quantitative estimate of drug-likeness (QED) is 0.540. The highest BCUT2D eigenvalue weighted by Gasteiger charge is 2.25. The van der Waals surface area contributed by atoms with Crippen molar-refractivity contribution in [3.8, 4) is 0 Å². The molecule has 0 aromatic carbocycles. The van der Waals surface area contributed by atoms with E-state index in [-0.39, 0.29) is 0 Å². The molecule has 0 amide bonds. The van der Waals surface area contributed by atoms with Crippen LogP contribution in [-0.2, 0) is 6.04 Å². The Bertz CT molecular complexity index is 191. The third-order valence-corrected chi connectivity index (χ3v) is 4.07. The van der Waals surface area contributed by atoms with Gasteiger partial charge in [-0.2, -0.15) is 0 Å². The first-order chi connectivity index (χ1) is 4.58. The maximum Gasteiger partial charge on any atom is 0.346 e. The van der Waals surface area contributed by atoms with E-state index < -0.39 is 6.00 Å². The van der Waals surface area contributed by atoms with Gasteiger partial charge in [0.05, 0.1) is 0 Å².